The van der Waals surface area contributed by atoms with Gasteiger partial charge in [0.15, 0.2) is 11.5 Å². The van der Waals surface area contributed by atoms with Crippen molar-refractivity contribution in [3.05, 3.63) is 46.1 Å². The molecular formula is C19H21Cl2N3O3. The predicted molar refractivity (Wildman–Crippen MR) is 107 cm³/mol. The molecule has 27 heavy (non-hydrogen) atoms. The zero-order valence-electron chi connectivity index (χ0n) is 15.2. The van der Waals surface area contributed by atoms with Crippen molar-refractivity contribution in [1.82, 2.24) is 9.88 Å². The summed E-state index contributed by atoms with van der Waals surface area (Å²) in [5.41, 5.74) is 0.481. The fourth-order valence-electron chi connectivity index (χ4n) is 3.02. The number of aromatic nitrogens is 1. The molecule has 3 rings (SSSR count). The maximum Gasteiger partial charge on any atom is 0.254 e. The fraction of sp³-hybridized carbons (Fsp3) is 0.368. The molecular weight excluding hydrogens is 389 g/mol. The van der Waals surface area contributed by atoms with E-state index in [2.05, 4.69) is 9.88 Å². The minimum absolute atomic E-state index is 0.0862. The molecule has 6 nitrogen and oxygen atoms in total. The van der Waals surface area contributed by atoms with Gasteiger partial charge in [-0.25, -0.2) is 4.98 Å². The van der Waals surface area contributed by atoms with Crippen molar-refractivity contribution in [3.8, 4) is 11.5 Å². The Morgan fingerprint density at radius 2 is 1.93 bits per heavy atom. The topological polar surface area (TPSA) is 54.9 Å². The standard InChI is InChI=1S/C19H21Cl2N3O3/c1-3-27-18-14(20)11-13(12-15(18)26-2)19(25)24-9-7-23(8-10-24)17-6-4-5-16(21)22-17/h4-6,11-12H,3,7-10H2,1-2H3. The zero-order chi connectivity index (χ0) is 19.4. The van der Waals surface area contributed by atoms with Crippen LogP contribution >= 0.6 is 23.2 Å². The van der Waals surface area contributed by atoms with Crippen LogP contribution in [-0.4, -0.2) is 55.7 Å². The number of nitrogens with zero attached hydrogens (tertiary/aromatic N) is 3. The Bertz CT molecular complexity index is 824. The lowest BCUT2D eigenvalue weighted by Gasteiger charge is -2.35. The molecule has 0 unspecified atom stereocenters. The molecule has 1 amide bonds. The number of halogens is 2. The van der Waals surface area contributed by atoms with Gasteiger partial charge in [-0.1, -0.05) is 29.3 Å². The largest absolute Gasteiger partial charge is 0.493 e. The van der Waals surface area contributed by atoms with E-state index in [-0.39, 0.29) is 5.91 Å². The van der Waals surface area contributed by atoms with Gasteiger partial charge in [0.05, 0.1) is 18.7 Å². The summed E-state index contributed by atoms with van der Waals surface area (Å²) in [7, 11) is 1.53. The Hall–Kier alpha value is -2.18. The number of methoxy groups -OCH3 is 1. The van der Waals surface area contributed by atoms with Crippen molar-refractivity contribution in [2.24, 2.45) is 0 Å². The van der Waals surface area contributed by atoms with Crippen molar-refractivity contribution in [2.45, 2.75) is 6.92 Å². The van der Waals surface area contributed by atoms with Crippen LogP contribution in [0.2, 0.25) is 10.2 Å². The highest BCUT2D eigenvalue weighted by molar-refractivity contribution is 6.32. The van der Waals surface area contributed by atoms with Crippen molar-refractivity contribution >= 4 is 34.9 Å². The quantitative estimate of drug-likeness (QED) is 0.703. The summed E-state index contributed by atoms with van der Waals surface area (Å²) in [4.78, 5) is 21.1. The van der Waals surface area contributed by atoms with Crippen molar-refractivity contribution in [2.75, 3.05) is 44.8 Å². The van der Waals surface area contributed by atoms with E-state index in [1.165, 1.54) is 7.11 Å². The summed E-state index contributed by atoms with van der Waals surface area (Å²) in [6.45, 7) is 4.86. The Kier molecular flexibility index (Phi) is 6.29. The molecule has 1 aliphatic rings. The van der Waals surface area contributed by atoms with Crippen LogP contribution in [0.5, 0.6) is 11.5 Å². The highest BCUT2D eigenvalue weighted by atomic mass is 35.5. The van der Waals surface area contributed by atoms with Crippen molar-refractivity contribution in [3.63, 3.8) is 0 Å². The first-order valence-corrected chi connectivity index (χ1v) is 9.46. The van der Waals surface area contributed by atoms with Gasteiger partial charge in [-0.05, 0) is 31.2 Å². The highest BCUT2D eigenvalue weighted by Crippen LogP contribution is 2.36. The van der Waals surface area contributed by atoms with Crippen LogP contribution in [0, 0.1) is 0 Å². The molecule has 0 bridgehead atoms. The van der Waals surface area contributed by atoms with E-state index >= 15 is 0 Å². The summed E-state index contributed by atoms with van der Waals surface area (Å²) < 4.78 is 10.8. The van der Waals surface area contributed by atoms with Gasteiger partial charge in [-0.2, -0.15) is 0 Å². The van der Waals surface area contributed by atoms with Gasteiger partial charge < -0.3 is 19.3 Å². The van der Waals surface area contributed by atoms with Gasteiger partial charge in [-0.3, -0.25) is 4.79 Å². The number of rotatable bonds is 5. The number of anilines is 1. The maximum absolute atomic E-state index is 12.9. The van der Waals surface area contributed by atoms with E-state index in [0.717, 1.165) is 5.82 Å². The molecule has 0 atom stereocenters. The lowest BCUT2D eigenvalue weighted by Crippen LogP contribution is -2.49. The molecule has 0 spiro atoms. The zero-order valence-corrected chi connectivity index (χ0v) is 16.8. The van der Waals surface area contributed by atoms with E-state index in [4.69, 9.17) is 32.7 Å². The van der Waals surface area contributed by atoms with Crippen LogP contribution in [-0.2, 0) is 0 Å². The van der Waals surface area contributed by atoms with Crippen molar-refractivity contribution in [1.29, 1.82) is 0 Å². The smallest absolute Gasteiger partial charge is 0.254 e. The molecule has 2 aromatic rings. The van der Waals surface area contributed by atoms with E-state index in [1.807, 2.05) is 19.1 Å². The number of ether oxygens (including phenoxy) is 2. The Labute approximate surface area is 168 Å². The average molecular weight is 410 g/mol. The second kappa shape index (κ2) is 8.67. The Balaban J connectivity index is 1.71. The number of carbonyl (C=O) groups is 1. The van der Waals surface area contributed by atoms with E-state index in [9.17, 15) is 4.79 Å². The van der Waals surface area contributed by atoms with Crippen LogP contribution in [0.4, 0.5) is 5.82 Å². The molecule has 0 radical (unpaired) electrons. The number of hydrogen-bond acceptors (Lipinski definition) is 5. The third-order valence-electron chi connectivity index (χ3n) is 4.36. The monoisotopic (exact) mass is 409 g/mol. The molecule has 0 saturated carbocycles. The second-order valence-corrected chi connectivity index (χ2v) is 6.81. The molecule has 1 aliphatic heterocycles. The first kappa shape index (κ1) is 19.6. The number of pyridine rings is 1. The number of hydrogen-bond donors (Lipinski definition) is 0. The van der Waals surface area contributed by atoms with Crippen LogP contribution in [0.15, 0.2) is 30.3 Å². The number of carbonyl (C=O) groups excluding carboxylic acids is 1. The maximum atomic E-state index is 12.9. The van der Waals surface area contributed by atoms with Gasteiger partial charge in [0.25, 0.3) is 5.91 Å². The van der Waals surface area contributed by atoms with Gasteiger partial charge in [0.2, 0.25) is 0 Å². The molecule has 1 saturated heterocycles. The number of piperazine rings is 1. The molecule has 1 fully saturated rings. The molecule has 0 N–H and O–H groups in total. The highest BCUT2D eigenvalue weighted by Gasteiger charge is 2.25. The average Bonchev–Trinajstić information content (AvgIpc) is 2.69. The van der Waals surface area contributed by atoms with Crippen LogP contribution in [0.3, 0.4) is 0 Å². The molecule has 1 aromatic carbocycles. The van der Waals surface area contributed by atoms with Crippen LogP contribution in [0.25, 0.3) is 0 Å². The van der Waals surface area contributed by atoms with Crippen LogP contribution in [0.1, 0.15) is 17.3 Å². The normalized spacial score (nSPS) is 14.2. The lowest BCUT2D eigenvalue weighted by molar-refractivity contribution is 0.0746. The van der Waals surface area contributed by atoms with Gasteiger partial charge in [0, 0.05) is 31.7 Å². The van der Waals surface area contributed by atoms with Gasteiger partial charge in [0.1, 0.15) is 11.0 Å². The number of amides is 1. The minimum atomic E-state index is -0.0862. The predicted octanol–water partition coefficient (Wildman–Crippen LogP) is 3.76. The lowest BCUT2D eigenvalue weighted by atomic mass is 10.1. The van der Waals surface area contributed by atoms with E-state index < -0.39 is 0 Å². The third-order valence-corrected chi connectivity index (χ3v) is 4.85. The van der Waals surface area contributed by atoms with Crippen molar-refractivity contribution < 1.29 is 14.3 Å². The van der Waals surface area contributed by atoms with Gasteiger partial charge >= 0.3 is 0 Å². The molecule has 8 heteroatoms. The van der Waals surface area contributed by atoms with Crippen LogP contribution < -0.4 is 14.4 Å². The minimum Gasteiger partial charge on any atom is -0.493 e. The number of benzene rings is 1. The van der Waals surface area contributed by atoms with Gasteiger partial charge in [-0.15, -0.1) is 0 Å². The van der Waals surface area contributed by atoms with E-state index in [0.29, 0.717) is 60.0 Å². The Morgan fingerprint density at radius 3 is 2.56 bits per heavy atom. The SMILES string of the molecule is CCOc1c(Cl)cc(C(=O)N2CCN(c3cccc(Cl)n3)CC2)cc1OC. The molecule has 144 valence electrons. The summed E-state index contributed by atoms with van der Waals surface area (Å²) in [5.74, 6) is 1.64. The summed E-state index contributed by atoms with van der Waals surface area (Å²) >= 11 is 12.3. The second-order valence-electron chi connectivity index (χ2n) is 6.02. The molecule has 0 aliphatic carbocycles. The summed E-state index contributed by atoms with van der Waals surface area (Å²) in [6.07, 6.45) is 0. The first-order chi connectivity index (χ1) is 13.0. The summed E-state index contributed by atoms with van der Waals surface area (Å²) in [5, 5.41) is 0.823. The fourth-order valence-corrected chi connectivity index (χ4v) is 3.45. The third kappa shape index (κ3) is 4.39. The first-order valence-electron chi connectivity index (χ1n) is 8.70. The molecule has 1 aromatic heterocycles. The molecule has 2 heterocycles. The summed E-state index contributed by atoms with van der Waals surface area (Å²) in [6, 6.07) is 8.83. The van der Waals surface area contributed by atoms with E-state index in [1.54, 1.807) is 23.1 Å². The Morgan fingerprint density at radius 1 is 1.19 bits per heavy atom.